The van der Waals surface area contributed by atoms with E-state index in [2.05, 4.69) is 14.5 Å². The predicted octanol–water partition coefficient (Wildman–Crippen LogP) is 2.30. The van der Waals surface area contributed by atoms with Crippen LogP contribution in [0.5, 0.6) is 5.75 Å². The normalized spacial score (nSPS) is 11.1. The topological polar surface area (TPSA) is 91.6 Å². The molecule has 1 heterocycles. The van der Waals surface area contributed by atoms with Gasteiger partial charge in [-0.2, -0.15) is 0 Å². The van der Waals surface area contributed by atoms with Crippen molar-refractivity contribution >= 4 is 11.7 Å². The molecule has 0 spiro atoms. The molecule has 0 aliphatic rings. The van der Waals surface area contributed by atoms with Crippen molar-refractivity contribution in [1.82, 2.24) is 4.98 Å². The smallest absolute Gasteiger partial charge is 0.466 e. The van der Waals surface area contributed by atoms with Crippen molar-refractivity contribution in [3.63, 3.8) is 0 Å². The highest BCUT2D eigenvalue weighted by Gasteiger charge is 2.35. The van der Waals surface area contributed by atoms with Gasteiger partial charge in [0.25, 0.3) is 5.69 Å². The Labute approximate surface area is 116 Å². The number of pyridine rings is 1. The van der Waals surface area contributed by atoms with Crippen molar-refractivity contribution in [2.24, 2.45) is 0 Å². The van der Waals surface area contributed by atoms with Gasteiger partial charge in [-0.05, 0) is 13.8 Å². The average Bonchev–Trinajstić information content (AvgIpc) is 2.32. The van der Waals surface area contributed by atoms with Crippen LogP contribution >= 0.6 is 0 Å². The number of hydrogen-bond acceptors (Lipinski definition) is 6. The summed E-state index contributed by atoms with van der Waals surface area (Å²) in [6.07, 6.45) is -4.88. The number of carbonyl (C=O) groups excluding carboxylic acids is 1. The van der Waals surface area contributed by atoms with Crippen molar-refractivity contribution in [3.05, 3.63) is 27.6 Å². The van der Waals surface area contributed by atoms with E-state index in [1.807, 2.05) is 0 Å². The van der Waals surface area contributed by atoms with E-state index in [4.69, 9.17) is 0 Å². The Hall–Kier alpha value is -2.39. The van der Waals surface area contributed by atoms with Gasteiger partial charge in [0, 0.05) is 0 Å². The number of aromatic nitrogens is 1. The maximum atomic E-state index is 12.4. The van der Waals surface area contributed by atoms with Crippen LogP contribution in [0.25, 0.3) is 0 Å². The van der Waals surface area contributed by atoms with Crippen LogP contribution in [0, 0.1) is 17.0 Å². The largest absolute Gasteiger partial charge is 0.573 e. The van der Waals surface area contributed by atoms with Crippen molar-refractivity contribution < 1.29 is 32.4 Å². The maximum absolute atomic E-state index is 12.4. The first-order valence-corrected chi connectivity index (χ1v) is 5.70. The highest BCUT2D eigenvalue weighted by molar-refractivity contribution is 5.73. The van der Waals surface area contributed by atoms with Crippen molar-refractivity contribution in [2.75, 3.05) is 6.61 Å². The monoisotopic (exact) mass is 308 g/mol. The Bertz CT molecular complexity index is 560. The van der Waals surface area contributed by atoms with E-state index in [-0.39, 0.29) is 17.9 Å². The molecule has 0 aliphatic heterocycles. The zero-order chi connectivity index (χ0) is 16.2. The molecule has 10 heteroatoms. The summed E-state index contributed by atoms with van der Waals surface area (Å²) >= 11 is 0. The molecule has 0 fully saturated rings. The van der Waals surface area contributed by atoms with Gasteiger partial charge in [-0.1, -0.05) is 0 Å². The quantitative estimate of drug-likeness (QED) is 0.471. The Morgan fingerprint density at radius 3 is 2.57 bits per heavy atom. The second-order valence-electron chi connectivity index (χ2n) is 3.83. The highest BCUT2D eigenvalue weighted by atomic mass is 19.4. The van der Waals surface area contributed by atoms with Crippen LogP contribution in [0.15, 0.2) is 6.20 Å². The zero-order valence-electron chi connectivity index (χ0n) is 11.1. The van der Waals surface area contributed by atoms with E-state index in [0.717, 1.165) is 13.1 Å². The van der Waals surface area contributed by atoms with Gasteiger partial charge in [0.05, 0.1) is 29.2 Å². The van der Waals surface area contributed by atoms with Crippen LogP contribution in [0.4, 0.5) is 18.9 Å². The lowest BCUT2D eigenvalue weighted by Crippen LogP contribution is -2.21. The molecule has 1 rings (SSSR count). The third-order valence-corrected chi connectivity index (χ3v) is 2.36. The Morgan fingerprint density at radius 2 is 2.10 bits per heavy atom. The van der Waals surface area contributed by atoms with E-state index < -0.39 is 35.1 Å². The number of esters is 1. The summed E-state index contributed by atoms with van der Waals surface area (Å²) in [4.78, 5) is 24.7. The predicted molar refractivity (Wildman–Crippen MR) is 62.6 cm³/mol. The Morgan fingerprint density at radius 1 is 1.48 bits per heavy atom. The molecule has 0 bridgehead atoms. The summed E-state index contributed by atoms with van der Waals surface area (Å²) in [5, 5.41) is 10.7. The zero-order valence-corrected chi connectivity index (χ0v) is 11.1. The molecule has 0 N–H and O–H groups in total. The molecule has 0 radical (unpaired) electrons. The van der Waals surface area contributed by atoms with Gasteiger partial charge in [-0.25, -0.2) is 4.98 Å². The van der Waals surface area contributed by atoms with Crippen LogP contribution in [0.2, 0.25) is 0 Å². The molecule has 0 aromatic carbocycles. The first kappa shape index (κ1) is 16.7. The number of hydrogen-bond donors (Lipinski definition) is 0. The molecular weight excluding hydrogens is 297 g/mol. The molecule has 1 aromatic rings. The van der Waals surface area contributed by atoms with Gasteiger partial charge in [0.1, 0.15) is 6.20 Å². The Kier molecular flexibility index (Phi) is 5.06. The molecule has 1 aromatic heterocycles. The van der Waals surface area contributed by atoms with Crippen LogP contribution in [0.3, 0.4) is 0 Å². The fraction of sp³-hybridized carbons (Fsp3) is 0.455. The number of ether oxygens (including phenoxy) is 2. The second-order valence-corrected chi connectivity index (χ2v) is 3.83. The lowest BCUT2D eigenvalue weighted by molar-refractivity contribution is -0.386. The minimum Gasteiger partial charge on any atom is -0.466 e. The van der Waals surface area contributed by atoms with Crippen LogP contribution in [-0.2, 0) is 16.0 Å². The molecule has 0 aliphatic carbocycles. The number of halogens is 3. The molecule has 7 nitrogen and oxygen atoms in total. The average molecular weight is 308 g/mol. The molecule has 116 valence electrons. The maximum Gasteiger partial charge on any atom is 0.573 e. The number of carbonyl (C=O) groups is 1. The summed E-state index contributed by atoms with van der Waals surface area (Å²) < 4.78 is 45.5. The van der Waals surface area contributed by atoms with E-state index >= 15 is 0 Å². The van der Waals surface area contributed by atoms with Crippen LogP contribution in [0.1, 0.15) is 18.2 Å². The van der Waals surface area contributed by atoms with Gasteiger partial charge < -0.3 is 9.47 Å². The van der Waals surface area contributed by atoms with Crippen molar-refractivity contribution in [1.29, 1.82) is 0 Å². The van der Waals surface area contributed by atoms with Crippen molar-refractivity contribution in [2.45, 2.75) is 26.6 Å². The van der Waals surface area contributed by atoms with Gasteiger partial charge in [0.15, 0.2) is 5.75 Å². The van der Waals surface area contributed by atoms with E-state index in [1.54, 1.807) is 0 Å². The second kappa shape index (κ2) is 6.37. The van der Waals surface area contributed by atoms with Gasteiger partial charge >= 0.3 is 12.3 Å². The molecule has 0 amide bonds. The molecular formula is C11H11F3N2O5. The highest BCUT2D eigenvalue weighted by Crippen LogP contribution is 2.34. The number of rotatable bonds is 5. The SMILES string of the molecule is CCOC(=O)Cc1ncc([N+](=O)[O-])c(C)c1OC(F)(F)F. The molecule has 0 saturated carbocycles. The first-order chi connectivity index (χ1) is 9.65. The lowest BCUT2D eigenvalue weighted by atomic mass is 10.1. The van der Waals surface area contributed by atoms with Crippen molar-refractivity contribution in [3.8, 4) is 5.75 Å². The summed E-state index contributed by atoms with van der Waals surface area (Å²) in [6, 6.07) is 0. The number of nitrogens with zero attached hydrogens (tertiary/aromatic N) is 2. The van der Waals surface area contributed by atoms with Gasteiger partial charge in [-0.3, -0.25) is 14.9 Å². The van der Waals surface area contributed by atoms with E-state index in [9.17, 15) is 28.1 Å². The summed E-state index contributed by atoms with van der Waals surface area (Å²) in [5.74, 6) is -1.67. The first-order valence-electron chi connectivity index (χ1n) is 5.70. The minimum absolute atomic E-state index is 0.0419. The summed E-state index contributed by atoms with van der Waals surface area (Å²) in [5.41, 5.74) is -1.39. The third kappa shape index (κ3) is 4.58. The van der Waals surface area contributed by atoms with Gasteiger partial charge in [0.2, 0.25) is 0 Å². The standard InChI is InChI=1S/C11H11F3N2O5/c1-3-20-9(17)4-7-10(21-11(12,13)14)6(2)8(5-15-7)16(18)19/h5H,3-4H2,1-2H3. The molecule has 21 heavy (non-hydrogen) atoms. The third-order valence-electron chi connectivity index (χ3n) is 2.36. The fourth-order valence-electron chi connectivity index (χ4n) is 1.54. The number of nitro groups is 1. The van der Waals surface area contributed by atoms with E-state index in [1.165, 1.54) is 6.92 Å². The van der Waals surface area contributed by atoms with Crippen LogP contribution < -0.4 is 4.74 Å². The molecule has 0 saturated heterocycles. The Balaban J connectivity index is 3.26. The van der Waals surface area contributed by atoms with Gasteiger partial charge in [-0.15, -0.1) is 13.2 Å². The fourth-order valence-corrected chi connectivity index (χ4v) is 1.54. The molecule has 0 atom stereocenters. The van der Waals surface area contributed by atoms with Crippen LogP contribution in [-0.4, -0.2) is 28.8 Å². The lowest BCUT2D eigenvalue weighted by Gasteiger charge is -2.14. The number of alkyl halides is 3. The summed E-state index contributed by atoms with van der Waals surface area (Å²) in [6.45, 7) is 2.65. The van der Waals surface area contributed by atoms with E-state index in [0.29, 0.717) is 0 Å². The molecule has 0 unspecified atom stereocenters. The summed E-state index contributed by atoms with van der Waals surface area (Å²) in [7, 11) is 0. The minimum atomic E-state index is -5.06.